The Hall–Kier alpha value is -0.610. The van der Waals surface area contributed by atoms with Gasteiger partial charge >= 0.3 is 0 Å². The van der Waals surface area contributed by atoms with Crippen molar-refractivity contribution in [3.8, 4) is 0 Å². The van der Waals surface area contributed by atoms with Crippen LogP contribution >= 0.6 is 11.8 Å². The lowest BCUT2D eigenvalue weighted by atomic mass is 10.2. The highest BCUT2D eigenvalue weighted by Gasteiger charge is 1.98. The molecule has 3 nitrogen and oxygen atoms in total. The summed E-state index contributed by atoms with van der Waals surface area (Å²) < 4.78 is 0. The van der Waals surface area contributed by atoms with E-state index >= 15 is 0 Å². The van der Waals surface area contributed by atoms with Gasteiger partial charge in [-0.15, -0.1) is 0 Å². The molecule has 4 heteroatoms. The second-order valence-electron chi connectivity index (χ2n) is 3.83. The molecule has 0 aliphatic heterocycles. The van der Waals surface area contributed by atoms with Gasteiger partial charge in [-0.2, -0.15) is 0 Å². The van der Waals surface area contributed by atoms with E-state index in [1.165, 1.54) is 0 Å². The summed E-state index contributed by atoms with van der Waals surface area (Å²) in [7, 11) is 0. The molecule has 0 spiro atoms. The Bertz CT molecular complexity index is 272. The van der Waals surface area contributed by atoms with Gasteiger partial charge in [-0.1, -0.05) is 32.5 Å². The average molecular weight is 225 g/mol. The monoisotopic (exact) mass is 225 g/mol. The van der Waals surface area contributed by atoms with E-state index in [4.69, 9.17) is 0 Å². The maximum absolute atomic E-state index is 4.28. The van der Waals surface area contributed by atoms with Gasteiger partial charge in [0.1, 0.15) is 0 Å². The van der Waals surface area contributed by atoms with Gasteiger partial charge in [-0.3, -0.25) is 0 Å². The van der Waals surface area contributed by atoms with Crippen molar-refractivity contribution in [1.29, 1.82) is 0 Å². The first-order valence-electron chi connectivity index (χ1n) is 5.36. The van der Waals surface area contributed by atoms with E-state index in [1.807, 2.05) is 12.4 Å². The first-order valence-corrected chi connectivity index (χ1v) is 6.35. The smallest absolute Gasteiger partial charge is 0.187 e. The summed E-state index contributed by atoms with van der Waals surface area (Å²) in [6.07, 6.45) is 3.80. The van der Waals surface area contributed by atoms with Gasteiger partial charge in [0.2, 0.25) is 0 Å². The van der Waals surface area contributed by atoms with Crippen LogP contribution in [0.5, 0.6) is 0 Å². The molecule has 0 saturated carbocycles. The lowest BCUT2D eigenvalue weighted by molar-refractivity contribution is 0.550. The second kappa shape index (κ2) is 6.80. The summed E-state index contributed by atoms with van der Waals surface area (Å²) in [6, 6.07) is 0. The number of aromatic nitrogens is 2. The third-order valence-corrected chi connectivity index (χ3v) is 2.59. The minimum absolute atomic E-state index is 0.681. The molecule has 0 aliphatic rings. The van der Waals surface area contributed by atoms with Gasteiger partial charge in [0.15, 0.2) is 5.16 Å². The average Bonchev–Trinajstić information content (AvgIpc) is 2.20. The number of hydrogen-bond acceptors (Lipinski definition) is 4. The maximum atomic E-state index is 4.28. The third-order valence-electron chi connectivity index (χ3n) is 1.84. The van der Waals surface area contributed by atoms with Crippen LogP contribution in [0.2, 0.25) is 0 Å². The molecule has 0 fully saturated rings. The van der Waals surface area contributed by atoms with E-state index < -0.39 is 0 Å². The predicted octanol–water partition coefficient (Wildman–Crippen LogP) is 2.33. The van der Waals surface area contributed by atoms with Gasteiger partial charge < -0.3 is 5.32 Å². The van der Waals surface area contributed by atoms with Gasteiger partial charge in [0.25, 0.3) is 0 Å². The van der Waals surface area contributed by atoms with Crippen molar-refractivity contribution in [2.24, 2.45) is 5.92 Å². The highest BCUT2D eigenvalue weighted by molar-refractivity contribution is 7.99. The van der Waals surface area contributed by atoms with Crippen LogP contribution in [-0.2, 0) is 6.54 Å². The number of nitrogens with one attached hydrogen (secondary N) is 1. The summed E-state index contributed by atoms with van der Waals surface area (Å²) in [6.45, 7) is 8.39. The summed E-state index contributed by atoms with van der Waals surface area (Å²) in [5.74, 6) is 1.70. The normalized spacial score (nSPS) is 10.9. The molecule has 0 radical (unpaired) electrons. The highest BCUT2D eigenvalue weighted by atomic mass is 32.2. The lowest BCUT2D eigenvalue weighted by Crippen LogP contribution is -2.19. The zero-order valence-corrected chi connectivity index (χ0v) is 10.5. The SMILES string of the molecule is CCSc1ncc(CNCC(C)C)cn1. The maximum Gasteiger partial charge on any atom is 0.187 e. The fourth-order valence-electron chi connectivity index (χ4n) is 1.14. The Morgan fingerprint density at radius 2 is 2.00 bits per heavy atom. The molecule has 1 aromatic heterocycles. The molecule has 0 unspecified atom stereocenters. The van der Waals surface area contributed by atoms with Crippen molar-refractivity contribution in [2.45, 2.75) is 32.5 Å². The summed E-state index contributed by atoms with van der Waals surface area (Å²) in [5.41, 5.74) is 1.15. The van der Waals surface area contributed by atoms with E-state index in [2.05, 4.69) is 36.1 Å². The van der Waals surface area contributed by atoms with Crippen LogP contribution in [0.4, 0.5) is 0 Å². The van der Waals surface area contributed by atoms with Crippen LogP contribution in [0.25, 0.3) is 0 Å². The van der Waals surface area contributed by atoms with Gasteiger partial charge in [0.05, 0.1) is 0 Å². The van der Waals surface area contributed by atoms with Crippen molar-refractivity contribution < 1.29 is 0 Å². The largest absolute Gasteiger partial charge is 0.312 e. The molecule has 0 bridgehead atoms. The van der Waals surface area contributed by atoms with Crippen molar-refractivity contribution in [3.05, 3.63) is 18.0 Å². The molecule has 1 rings (SSSR count). The first kappa shape index (κ1) is 12.5. The topological polar surface area (TPSA) is 37.8 Å². The molecule has 15 heavy (non-hydrogen) atoms. The molecule has 1 N–H and O–H groups in total. The fraction of sp³-hybridized carbons (Fsp3) is 0.636. The lowest BCUT2D eigenvalue weighted by Gasteiger charge is -2.06. The molecular formula is C11H19N3S. The zero-order valence-electron chi connectivity index (χ0n) is 9.66. The van der Waals surface area contributed by atoms with Crippen LogP contribution in [0.1, 0.15) is 26.3 Å². The second-order valence-corrected chi connectivity index (χ2v) is 5.06. The zero-order chi connectivity index (χ0) is 11.1. The molecule has 0 atom stereocenters. The van der Waals surface area contributed by atoms with Crippen molar-refractivity contribution in [1.82, 2.24) is 15.3 Å². The van der Waals surface area contributed by atoms with Crippen molar-refractivity contribution in [3.63, 3.8) is 0 Å². The third kappa shape index (κ3) is 5.14. The van der Waals surface area contributed by atoms with Crippen LogP contribution < -0.4 is 5.32 Å². The van der Waals surface area contributed by atoms with E-state index in [0.29, 0.717) is 5.92 Å². The summed E-state index contributed by atoms with van der Waals surface area (Å²) in [4.78, 5) is 8.56. The van der Waals surface area contributed by atoms with Crippen molar-refractivity contribution >= 4 is 11.8 Å². The molecule has 84 valence electrons. The fourth-order valence-corrected chi connectivity index (χ4v) is 1.66. The van der Waals surface area contributed by atoms with Gasteiger partial charge in [-0.05, 0) is 18.2 Å². The quantitative estimate of drug-likeness (QED) is 0.595. The Balaban J connectivity index is 2.36. The molecule has 0 aliphatic carbocycles. The number of rotatable bonds is 6. The summed E-state index contributed by atoms with van der Waals surface area (Å²) in [5, 5.41) is 4.23. The van der Waals surface area contributed by atoms with E-state index in [0.717, 1.165) is 29.6 Å². The Morgan fingerprint density at radius 3 is 2.53 bits per heavy atom. The molecular weight excluding hydrogens is 206 g/mol. The van der Waals surface area contributed by atoms with Crippen LogP contribution in [0.15, 0.2) is 17.6 Å². The van der Waals surface area contributed by atoms with Crippen LogP contribution in [0, 0.1) is 5.92 Å². The Kier molecular flexibility index (Phi) is 5.65. The number of nitrogens with zero attached hydrogens (tertiary/aromatic N) is 2. The Labute approximate surface area is 96.1 Å². The van der Waals surface area contributed by atoms with E-state index in [-0.39, 0.29) is 0 Å². The molecule has 1 heterocycles. The number of hydrogen-bond donors (Lipinski definition) is 1. The minimum atomic E-state index is 0.681. The van der Waals surface area contributed by atoms with E-state index in [1.54, 1.807) is 11.8 Å². The molecule has 0 saturated heterocycles. The Morgan fingerprint density at radius 1 is 1.33 bits per heavy atom. The first-order chi connectivity index (χ1) is 7.22. The van der Waals surface area contributed by atoms with Crippen LogP contribution in [0.3, 0.4) is 0 Å². The molecule has 0 aromatic carbocycles. The van der Waals surface area contributed by atoms with Crippen molar-refractivity contribution in [2.75, 3.05) is 12.3 Å². The van der Waals surface area contributed by atoms with E-state index in [9.17, 15) is 0 Å². The van der Waals surface area contributed by atoms with Gasteiger partial charge in [-0.25, -0.2) is 9.97 Å². The highest BCUT2D eigenvalue weighted by Crippen LogP contribution is 2.10. The minimum Gasteiger partial charge on any atom is -0.312 e. The van der Waals surface area contributed by atoms with Crippen LogP contribution in [-0.4, -0.2) is 22.3 Å². The molecule has 0 amide bonds. The molecule has 1 aromatic rings. The standard InChI is InChI=1S/C11H19N3S/c1-4-15-11-13-7-10(8-14-11)6-12-5-9(2)3/h7-9,12H,4-6H2,1-3H3. The predicted molar refractivity (Wildman–Crippen MR) is 65.0 cm³/mol. The van der Waals surface area contributed by atoms with Gasteiger partial charge in [0, 0.05) is 24.5 Å². The number of thioether (sulfide) groups is 1. The summed E-state index contributed by atoms with van der Waals surface area (Å²) >= 11 is 1.67.